The molecule has 0 unspecified atom stereocenters. The summed E-state index contributed by atoms with van der Waals surface area (Å²) in [5.74, 6) is 0. The third kappa shape index (κ3) is 3.50. The van der Waals surface area contributed by atoms with Crippen LogP contribution in [0.3, 0.4) is 0 Å². The maximum atomic E-state index is 11.5. The van der Waals surface area contributed by atoms with Crippen molar-refractivity contribution in [3.63, 3.8) is 0 Å². The van der Waals surface area contributed by atoms with Gasteiger partial charge in [-0.2, -0.15) is 17.4 Å². The molecular formula is C7H16N2O4S. The van der Waals surface area contributed by atoms with E-state index >= 15 is 0 Å². The monoisotopic (exact) mass is 224 g/mol. The SMILES string of the molecule is C[C@@H](O)CNS(=O)(=O)N1CCOCC1. The van der Waals surface area contributed by atoms with E-state index in [4.69, 9.17) is 9.84 Å². The Hall–Kier alpha value is -0.210. The number of hydrogen-bond acceptors (Lipinski definition) is 4. The highest BCUT2D eigenvalue weighted by molar-refractivity contribution is 7.87. The molecule has 0 radical (unpaired) electrons. The fourth-order valence-electron chi connectivity index (χ4n) is 1.10. The Labute approximate surface area is 84.0 Å². The zero-order chi connectivity index (χ0) is 10.6. The van der Waals surface area contributed by atoms with Gasteiger partial charge in [-0.1, -0.05) is 0 Å². The summed E-state index contributed by atoms with van der Waals surface area (Å²) in [6.45, 7) is 3.16. The summed E-state index contributed by atoms with van der Waals surface area (Å²) < 4.78 is 31.8. The first-order valence-electron chi connectivity index (χ1n) is 4.53. The molecule has 1 atom stereocenters. The molecule has 0 amide bonds. The molecule has 2 N–H and O–H groups in total. The van der Waals surface area contributed by atoms with Crippen molar-refractivity contribution >= 4 is 10.2 Å². The van der Waals surface area contributed by atoms with E-state index in [1.165, 1.54) is 11.2 Å². The van der Waals surface area contributed by atoms with Gasteiger partial charge in [-0.3, -0.25) is 0 Å². The molecule has 7 heteroatoms. The number of morpholine rings is 1. The Morgan fingerprint density at radius 1 is 1.50 bits per heavy atom. The number of hydrogen-bond donors (Lipinski definition) is 2. The van der Waals surface area contributed by atoms with Gasteiger partial charge in [-0.05, 0) is 6.92 Å². The molecule has 0 saturated carbocycles. The van der Waals surface area contributed by atoms with Crippen molar-refractivity contribution in [2.24, 2.45) is 0 Å². The van der Waals surface area contributed by atoms with E-state index in [-0.39, 0.29) is 6.54 Å². The summed E-state index contributed by atoms with van der Waals surface area (Å²) >= 11 is 0. The minimum absolute atomic E-state index is 0.0414. The molecule has 0 aromatic heterocycles. The zero-order valence-electron chi connectivity index (χ0n) is 8.14. The van der Waals surface area contributed by atoms with Gasteiger partial charge in [0.15, 0.2) is 0 Å². The van der Waals surface area contributed by atoms with Crippen molar-refractivity contribution < 1.29 is 18.3 Å². The van der Waals surface area contributed by atoms with Crippen LogP contribution in [0.4, 0.5) is 0 Å². The third-order valence-corrected chi connectivity index (χ3v) is 3.45. The molecule has 1 aliphatic rings. The smallest absolute Gasteiger partial charge is 0.279 e. The van der Waals surface area contributed by atoms with Crippen LogP contribution >= 0.6 is 0 Å². The van der Waals surface area contributed by atoms with Crippen LogP contribution in [0, 0.1) is 0 Å². The van der Waals surface area contributed by atoms with Crippen LogP contribution < -0.4 is 4.72 Å². The predicted octanol–water partition coefficient (Wildman–Crippen LogP) is -1.47. The van der Waals surface area contributed by atoms with Gasteiger partial charge in [0, 0.05) is 19.6 Å². The lowest BCUT2D eigenvalue weighted by atomic mass is 10.4. The average molecular weight is 224 g/mol. The summed E-state index contributed by atoms with van der Waals surface area (Å²) in [7, 11) is -3.44. The quantitative estimate of drug-likeness (QED) is 0.611. The largest absolute Gasteiger partial charge is 0.392 e. The first-order chi connectivity index (χ1) is 6.52. The average Bonchev–Trinajstić information content (AvgIpc) is 2.16. The molecule has 0 spiro atoms. The number of rotatable bonds is 4. The molecule has 0 aromatic rings. The molecule has 0 aliphatic carbocycles. The molecular weight excluding hydrogens is 208 g/mol. The van der Waals surface area contributed by atoms with E-state index in [2.05, 4.69) is 4.72 Å². The number of nitrogens with one attached hydrogen (secondary N) is 1. The van der Waals surface area contributed by atoms with Crippen molar-refractivity contribution in [2.45, 2.75) is 13.0 Å². The summed E-state index contributed by atoms with van der Waals surface area (Å²) in [6, 6.07) is 0. The first kappa shape index (κ1) is 11.9. The number of ether oxygens (including phenoxy) is 1. The van der Waals surface area contributed by atoms with Gasteiger partial charge in [-0.25, -0.2) is 0 Å². The maximum Gasteiger partial charge on any atom is 0.279 e. The number of aliphatic hydroxyl groups excluding tert-OH is 1. The lowest BCUT2D eigenvalue weighted by Crippen LogP contribution is -2.47. The van der Waals surface area contributed by atoms with Gasteiger partial charge >= 0.3 is 0 Å². The molecule has 6 nitrogen and oxygen atoms in total. The van der Waals surface area contributed by atoms with Crippen LogP contribution in [0.5, 0.6) is 0 Å². The van der Waals surface area contributed by atoms with E-state index in [9.17, 15) is 8.42 Å². The molecule has 1 rings (SSSR count). The Bertz CT molecular complexity index is 259. The Kier molecular flexibility index (Phi) is 4.27. The summed E-state index contributed by atoms with van der Waals surface area (Å²) in [6.07, 6.45) is -0.675. The van der Waals surface area contributed by atoms with Crippen molar-refractivity contribution in [3.8, 4) is 0 Å². The fraction of sp³-hybridized carbons (Fsp3) is 1.00. The second kappa shape index (κ2) is 5.04. The van der Waals surface area contributed by atoms with Crippen LogP contribution in [0.25, 0.3) is 0 Å². The second-order valence-electron chi connectivity index (χ2n) is 3.21. The van der Waals surface area contributed by atoms with Crippen LogP contribution in [0.1, 0.15) is 6.92 Å². The fourth-order valence-corrected chi connectivity index (χ4v) is 2.37. The Balaban J connectivity index is 2.46. The van der Waals surface area contributed by atoms with E-state index in [0.717, 1.165) is 0 Å². The van der Waals surface area contributed by atoms with Gasteiger partial charge in [-0.15, -0.1) is 0 Å². The molecule has 14 heavy (non-hydrogen) atoms. The Morgan fingerprint density at radius 2 is 2.07 bits per heavy atom. The van der Waals surface area contributed by atoms with Crippen LogP contribution in [-0.2, 0) is 14.9 Å². The van der Waals surface area contributed by atoms with E-state index in [1.54, 1.807) is 0 Å². The highest BCUT2D eigenvalue weighted by atomic mass is 32.2. The van der Waals surface area contributed by atoms with Gasteiger partial charge in [0.2, 0.25) is 0 Å². The van der Waals surface area contributed by atoms with Crippen LogP contribution in [0.2, 0.25) is 0 Å². The normalized spacial score (nSPS) is 22.1. The maximum absolute atomic E-state index is 11.5. The first-order valence-corrected chi connectivity index (χ1v) is 5.97. The molecule has 0 aromatic carbocycles. The summed E-state index contributed by atoms with van der Waals surface area (Å²) in [5, 5.41) is 8.94. The highest BCUT2D eigenvalue weighted by Gasteiger charge is 2.23. The van der Waals surface area contributed by atoms with Crippen molar-refractivity contribution in [1.82, 2.24) is 9.03 Å². The third-order valence-electron chi connectivity index (χ3n) is 1.87. The van der Waals surface area contributed by atoms with Crippen LogP contribution in [0.15, 0.2) is 0 Å². The number of aliphatic hydroxyl groups is 1. The molecule has 1 fully saturated rings. The number of nitrogens with zero attached hydrogens (tertiary/aromatic N) is 1. The van der Waals surface area contributed by atoms with E-state index < -0.39 is 16.3 Å². The van der Waals surface area contributed by atoms with Crippen molar-refractivity contribution in [1.29, 1.82) is 0 Å². The Morgan fingerprint density at radius 3 is 2.57 bits per heavy atom. The van der Waals surface area contributed by atoms with Crippen molar-refractivity contribution in [2.75, 3.05) is 32.8 Å². The molecule has 0 bridgehead atoms. The van der Waals surface area contributed by atoms with Gasteiger partial charge in [0.1, 0.15) is 0 Å². The minimum Gasteiger partial charge on any atom is -0.392 e. The lowest BCUT2D eigenvalue weighted by molar-refractivity contribution is 0.0722. The van der Waals surface area contributed by atoms with Gasteiger partial charge < -0.3 is 9.84 Å². The van der Waals surface area contributed by atoms with Crippen LogP contribution in [-0.4, -0.2) is 56.8 Å². The summed E-state index contributed by atoms with van der Waals surface area (Å²) in [5.41, 5.74) is 0. The standard InChI is InChI=1S/C7H16N2O4S/c1-7(10)6-8-14(11,12)9-2-4-13-5-3-9/h7-8,10H,2-6H2,1H3/t7-/m1/s1. The minimum atomic E-state index is -3.44. The second-order valence-corrected chi connectivity index (χ2v) is 4.97. The predicted molar refractivity (Wildman–Crippen MR) is 51.0 cm³/mol. The molecule has 84 valence electrons. The molecule has 1 saturated heterocycles. The highest BCUT2D eigenvalue weighted by Crippen LogP contribution is 2.02. The van der Waals surface area contributed by atoms with E-state index in [1.807, 2.05) is 0 Å². The van der Waals surface area contributed by atoms with Gasteiger partial charge in [0.05, 0.1) is 19.3 Å². The van der Waals surface area contributed by atoms with Crippen molar-refractivity contribution in [3.05, 3.63) is 0 Å². The summed E-state index contributed by atoms with van der Waals surface area (Å²) in [4.78, 5) is 0. The zero-order valence-corrected chi connectivity index (χ0v) is 8.96. The van der Waals surface area contributed by atoms with E-state index in [0.29, 0.717) is 26.3 Å². The lowest BCUT2D eigenvalue weighted by Gasteiger charge is -2.26. The topological polar surface area (TPSA) is 78.9 Å². The molecule has 1 aliphatic heterocycles. The molecule has 1 heterocycles. The van der Waals surface area contributed by atoms with Gasteiger partial charge in [0.25, 0.3) is 10.2 Å².